The maximum atomic E-state index is 13.6. The Labute approximate surface area is 126 Å². The van der Waals surface area contributed by atoms with Gasteiger partial charge in [0.15, 0.2) is 23.2 Å². The van der Waals surface area contributed by atoms with Crippen molar-refractivity contribution < 1.29 is 23.9 Å². The van der Waals surface area contributed by atoms with Crippen LogP contribution in [0, 0.1) is 5.82 Å². The van der Waals surface area contributed by atoms with Crippen LogP contribution < -0.4 is 4.74 Å². The number of hydrogen-bond acceptors (Lipinski definition) is 6. The second-order valence-electron chi connectivity index (χ2n) is 4.33. The lowest BCUT2D eigenvalue weighted by Crippen LogP contribution is -2.28. The van der Waals surface area contributed by atoms with Gasteiger partial charge in [0, 0.05) is 7.05 Å². The number of carbonyl (C=O) groups excluding carboxylic acids is 1. The molecule has 7 nitrogen and oxygen atoms in total. The van der Waals surface area contributed by atoms with E-state index in [-0.39, 0.29) is 17.4 Å². The van der Waals surface area contributed by atoms with Gasteiger partial charge in [0.2, 0.25) is 0 Å². The molecule has 0 saturated heterocycles. The van der Waals surface area contributed by atoms with E-state index in [2.05, 4.69) is 15.0 Å². The van der Waals surface area contributed by atoms with Crippen LogP contribution in [0.3, 0.4) is 0 Å². The van der Waals surface area contributed by atoms with Gasteiger partial charge in [-0.15, -0.1) is 0 Å². The number of rotatable bonds is 4. The highest BCUT2D eigenvalue weighted by atomic mass is 19.1. The number of methoxy groups -OCH3 is 1. The summed E-state index contributed by atoms with van der Waals surface area (Å²) in [5, 5.41) is 13.0. The lowest BCUT2D eigenvalue weighted by Gasteiger charge is -2.07. The summed E-state index contributed by atoms with van der Waals surface area (Å²) in [5.41, 5.74) is 0.435. The zero-order valence-electron chi connectivity index (χ0n) is 12.2. The van der Waals surface area contributed by atoms with Crippen molar-refractivity contribution in [1.29, 1.82) is 0 Å². The molecule has 0 bridgehead atoms. The summed E-state index contributed by atoms with van der Waals surface area (Å²) in [6.07, 6.45) is 2.67. The Balaban J connectivity index is 2.41. The number of benzene rings is 1. The van der Waals surface area contributed by atoms with Gasteiger partial charge >= 0.3 is 0 Å². The maximum Gasteiger partial charge on any atom is 0.277 e. The summed E-state index contributed by atoms with van der Waals surface area (Å²) in [5.74, 6) is -1.55. The highest BCUT2D eigenvalue weighted by Gasteiger charge is 2.26. The zero-order valence-corrected chi connectivity index (χ0v) is 12.2. The van der Waals surface area contributed by atoms with Gasteiger partial charge < -0.3 is 14.7 Å². The summed E-state index contributed by atoms with van der Waals surface area (Å²) >= 11 is 0. The molecule has 22 heavy (non-hydrogen) atoms. The Morgan fingerprint density at radius 2 is 2.14 bits per heavy atom. The number of amides is 1. The summed E-state index contributed by atoms with van der Waals surface area (Å²) < 4.78 is 18.5. The SMILES string of the molecule is CON=CC1=NC(=Cc2cc(F)c(O)c(OC)c2)C(=O)N1C. The van der Waals surface area contributed by atoms with E-state index in [0.29, 0.717) is 11.4 Å². The molecule has 1 aromatic carbocycles. The normalized spacial score (nSPS) is 16.5. The first-order valence-electron chi connectivity index (χ1n) is 6.19. The molecule has 0 fully saturated rings. The van der Waals surface area contributed by atoms with Crippen LogP contribution in [0.1, 0.15) is 5.56 Å². The number of carbonyl (C=O) groups is 1. The van der Waals surface area contributed by atoms with Crippen molar-refractivity contribution in [3.8, 4) is 11.5 Å². The van der Waals surface area contributed by atoms with Crippen LogP contribution in [0.25, 0.3) is 6.08 Å². The monoisotopic (exact) mass is 307 g/mol. The average molecular weight is 307 g/mol. The van der Waals surface area contributed by atoms with Crippen LogP contribution >= 0.6 is 0 Å². The average Bonchev–Trinajstić information content (AvgIpc) is 2.76. The smallest absolute Gasteiger partial charge is 0.277 e. The molecule has 1 heterocycles. The lowest BCUT2D eigenvalue weighted by atomic mass is 10.1. The number of hydrogen-bond donors (Lipinski definition) is 1. The Morgan fingerprint density at radius 3 is 2.77 bits per heavy atom. The maximum absolute atomic E-state index is 13.6. The molecule has 1 aliphatic heterocycles. The van der Waals surface area contributed by atoms with Gasteiger partial charge in [0.05, 0.1) is 7.11 Å². The van der Waals surface area contributed by atoms with Crippen LogP contribution in [0.2, 0.25) is 0 Å². The quantitative estimate of drug-likeness (QED) is 0.517. The molecule has 1 amide bonds. The fourth-order valence-electron chi connectivity index (χ4n) is 1.82. The Kier molecular flexibility index (Phi) is 4.40. The van der Waals surface area contributed by atoms with Crippen molar-refractivity contribution in [2.24, 2.45) is 10.1 Å². The molecule has 116 valence electrons. The Bertz CT molecular complexity index is 698. The van der Waals surface area contributed by atoms with Crippen molar-refractivity contribution in [2.75, 3.05) is 21.3 Å². The molecule has 0 spiro atoms. The molecule has 2 rings (SSSR count). The van der Waals surface area contributed by atoms with Gasteiger partial charge in [-0.05, 0) is 23.8 Å². The van der Waals surface area contributed by atoms with E-state index in [4.69, 9.17) is 4.74 Å². The second kappa shape index (κ2) is 6.25. The van der Waals surface area contributed by atoms with Gasteiger partial charge in [-0.1, -0.05) is 5.16 Å². The molecule has 0 radical (unpaired) electrons. The van der Waals surface area contributed by atoms with Crippen molar-refractivity contribution in [3.05, 3.63) is 29.2 Å². The van der Waals surface area contributed by atoms with Crippen molar-refractivity contribution in [1.82, 2.24) is 4.90 Å². The molecule has 1 aromatic rings. The highest BCUT2D eigenvalue weighted by molar-refractivity contribution is 6.37. The third-order valence-electron chi connectivity index (χ3n) is 2.95. The minimum absolute atomic E-state index is 0.0317. The molecule has 0 aliphatic carbocycles. The molecule has 0 saturated carbocycles. The first-order chi connectivity index (χ1) is 10.5. The second-order valence-corrected chi connectivity index (χ2v) is 4.33. The minimum atomic E-state index is -0.852. The predicted octanol–water partition coefficient (Wildman–Crippen LogP) is 1.38. The number of aliphatic imine (C=N–C) groups is 1. The van der Waals surface area contributed by atoms with Crippen LogP contribution in [0.5, 0.6) is 11.5 Å². The number of oxime groups is 1. The molecule has 0 aromatic heterocycles. The Morgan fingerprint density at radius 1 is 1.41 bits per heavy atom. The predicted molar refractivity (Wildman–Crippen MR) is 78.3 cm³/mol. The van der Waals surface area contributed by atoms with Crippen molar-refractivity contribution in [2.45, 2.75) is 0 Å². The molecule has 1 N–H and O–H groups in total. The van der Waals surface area contributed by atoms with Crippen LogP contribution in [0.4, 0.5) is 4.39 Å². The zero-order chi connectivity index (χ0) is 16.3. The van der Waals surface area contributed by atoms with Gasteiger partial charge in [-0.2, -0.15) is 0 Å². The third kappa shape index (κ3) is 2.90. The summed E-state index contributed by atoms with van der Waals surface area (Å²) in [6, 6.07) is 2.48. The largest absolute Gasteiger partial charge is 0.502 e. The fraction of sp³-hybridized carbons (Fsp3) is 0.214. The number of nitrogens with zero attached hydrogens (tertiary/aromatic N) is 3. The van der Waals surface area contributed by atoms with Gasteiger partial charge in [-0.3, -0.25) is 9.69 Å². The lowest BCUT2D eigenvalue weighted by molar-refractivity contribution is -0.121. The standard InChI is InChI=1S/C14H14FN3O4/c1-18-12(7-16-22-3)17-10(14(18)20)5-8-4-9(15)13(19)11(6-8)21-2/h4-7,19H,1-3H3. The van der Waals surface area contributed by atoms with Crippen LogP contribution in [-0.2, 0) is 9.63 Å². The molecule has 0 atom stereocenters. The summed E-state index contributed by atoms with van der Waals surface area (Å²) in [7, 11) is 4.20. The van der Waals surface area contributed by atoms with E-state index in [1.165, 1.54) is 44.5 Å². The molecular weight excluding hydrogens is 293 g/mol. The number of amidine groups is 1. The van der Waals surface area contributed by atoms with E-state index < -0.39 is 11.6 Å². The first-order valence-corrected chi connectivity index (χ1v) is 6.19. The van der Waals surface area contributed by atoms with E-state index in [1.54, 1.807) is 0 Å². The molecule has 0 unspecified atom stereocenters. The van der Waals surface area contributed by atoms with Crippen LogP contribution in [0.15, 0.2) is 28.0 Å². The van der Waals surface area contributed by atoms with Gasteiger partial charge in [-0.25, -0.2) is 9.38 Å². The Hall–Kier alpha value is -2.90. The number of ether oxygens (including phenoxy) is 1. The topological polar surface area (TPSA) is 83.7 Å². The van der Waals surface area contributed by atoms with Gasteiger partial charge in [0.25, 0.3) is 5.91 Å². The van der Waals surface area contributed by atoms with E-state index in [1.807, 2.05) is 0 Å². The van der Waals surface area contributed by atoms with E-state index in [0.717, 1.165) is 6.07 Å². The fourth-order valence-corrected chi connectivity index (χ4v) is 1.82. The molecule has 1 aliphatic rings. The van der Waals surface area contributed by atoms with Crippen molar-refractivity contribution in [3.63, 3.8) is 0 Å². The minimum Gasteiger partial charge on any atom is -0.502 e. The number of phenols is 1. The van der Waals surface area contributed by atoms with E-state index >= 15 is 0 Å². The van der Waals surface area contributed by atoms with E-state index in [9.17, 15) is 14.3 Å². The number of aromatic hydroxyl groups is 1. The number of halogens is 1. The summed E-state index contributed by atoms with van der Waals surface area (Å²) in [6.45, 7) is 0. The van der Waals surface area contributed by atoms with Crippen LogP contribution in [-0.4, -0.2) is 49.2 Å². The van der Waals surface area contributed by atoms with Crippen molar-refractivity contribution >= 4 is 24.0 Å². The molecule has 8 heteroatoms. The third-order valence-corrected chi connectivity index (χ3v) is 2.95. The molecular formula is C14H14FN3O4. The highest BCUT2D eigenvalue weighted by Crippen LogP contribution is 2.31. The number of likely N-dealkylation sites (N-methyl/N-ethyl adjacent to an activating group) is 1. The van der Waals surface area contributed by atoms with Gasteiger partial charge in [0.1, 0.15) is 19.0 Å². The first kappa shape index (κ1) is 15.5. The number of phenolic OH excluding ortho intramolecular Hbond substituents is 1. The summed E-state index contributed by atoms with van der Waals surface area (Å²) in [4.78, 5) is 22.0.